The lowest BCUT2D eigenvalue weighted by molar-refractivity contribution is 0.393. The third-order valence-corrected chi connectivity index (χ3v) is 2.61. The Balaban J connectivity index is 2.47. The molecular formula is C11H15NO. The number of methoxy groups -OCH3 is 1. The number of hydrogen-bond acceptors (Lipinski definition) is 2. The molecule has 1 aromatic rings. The lowest BCUT2D eigenvalue weighted by atomic mass is 10.1. The Kier molecular flexibility index (Phi) is 1.98. The van der Waals surface area contributed by atoms with E-state index in [2.05, 4.69) is 18.0 Å². The Morgan fingerprint density at radius 2 is 2.08 bits per heavy atom. The standard InChI is InChI=1S/C11H15NO/c1-7-6-10(9-4-5-9)8(2)11(12-7)13-3/h6,9H,4-5H2,1-3H3. The van der Waals surface area contributed by atoms with Crippen molar-refractivity contribution in [1.29, 1.82) is 0 Å². The molecule has 1 aromatic heterocycles. The second kappa shape index (κ2) is 3.02. The van der Waals surface area contributed by atoms with E-state index in [1.54, 1.807) is 7.11 Å². The van der Waals surface area contributed by atoms with Crippen LogP contribution >= 0.6 is 0 Å². The molecule has 2 rings (SSSR count). The highest BCUT2D eigenvalue weighted by atomic mass is 16.5. The molecule has 0 saturated heterocycles. The maximum absolute atomic E-state index is 5.23. The summed E-state index contributed by atoms with van der Waals surface area (Å²) in [6.45, 7) is 4.12. The topological polar surface area (TPSA) is 22.1 Å². The van der Waals surface area contributed by atoms with E-state index in [1.807, 2.05) is 6.92 Å². The number of pyridine rings is 1. The number of nitrogens with zero attached hydrogens (tertiary/aromatic N) is 1. The van der Waals surface area contributed by atoms with Crippen molar-refractivity contribution in [3.8, 4) is 5.88 Å². The number of ether oxygens (including phenoxy) is 1. The lowest BCUT2D eigenvalue weighted by Gasteiger charge is -2.09. The molecule has 1 aliphatic carbocycles. The van der Waals surface area contributed by atoms with Crippen LogP contribution < -0.4 is 4.74 Å². The van der Waals surface area contributed by atoms with E-state index in [0.29, 0.717) is 0 Å². The summed E-state index contributed by atoms with van der Waals surface area (Å²) in [5.74, 6) is 1.57. The molecule has 70 valence electrons. The van der Waals surface area contributed by atoms with Gasteiger partial charge in [-0.05, 0) is 44.2 Å². The van der Waals surface area contributed by atoms with Gasteiger partial charge in [-0.25, -0.2) is 4.98 Å². The van der Waals surface area contributed by atoms with Crippen LogP contribution in [0.1, 0.15) is 35.6 Å². The monoisotopic (exact) mass is 177 g/mol. The first-order chi connectivity index (χ1) is 6.22. The molecule has 1 saturated carbocycles. The van der Waals surface area contributed by atoms with Crippen LogP contribution in [0.4, 0.5) is 0 Å². The van der Waals surface area contributed by atoms with Crippen LogP contribution in [0.2, 0.25) is 0 Å². The Bertz CT molecular complexity index is 329. The van der Waals surface area contributed by atoms with Gasteiger partial charge < -0.3 is 4.74 Å². The third-order valence-electron chi connectivity index (χ3n) is 2.61. The fraction of sp³-hybridized carbons (Fsp3) is 0.545. The Morgan fingerprint density at radius 1 is 1.38 bits per heavy atom. The first kappa shape index (κ1) is 8.54. The van der Waals surface area contributed by atoms with E-state index < -0.39 is 0 Å². The molecule has 0 radical (unpaired) electrons. The number of hydrogen-bond donors (Lipinski definition) is 0. The molecule has 2 heteroatoms. The number of aryl methyl sites for hydroxylation is 1. The summed E-state index contributed by atoms with van der Waals surface area (Å²) < 4.78 is 5.23. The van der Waals surface area contributed by atoms with Crippen molar-refractivity contribution in [2.75, 3.05) is 7.11 Å². The van der Waals surface area contributed by atoms with Crippen LogP contribution in [-0.2, 0) is 0 Å². The molecule has 0 spiro atoms. The van der Waals surface area contributed by atoms with Crippen molar-refractivity contribution in [3.63, 3.8) is 0 Å². The van der Waals surface area contributed by atoms with Crippen LogP contribution in [0.3, 0.4) is 0 Å². The van der Waals surface area contributed by atoms with Crippen molar-refractivity contribution in [1.82, 2.24) is 4.98 Å². The maximum Gasteiger partial charge on any atom is 0.216 e. The van der Waals surface area contributed by atoms with E-state index in [-0.39, 0.29) is 0 Å². The smallest absolute Gasteiger partial charge is 0.216 e. The molecule has 0 atom stereocenters. The minimum Gasteiger partial charge on any atom is -0.481 e. The molecule has 0 unspecified atom stereocenters. The Hall–Kier alpha value is -1.05. The average Bonchev–Trinajstić information content (AvgIpc) is 2.91. The molecule has 0 aliphatic heterocycles. The Labute approximate surface area is 78.9 Å². The second-order valence-corrected chi connectivity index (χ2v) is 3.76. The molecule has 0 amide bonds. The predicted octanol–water partition coefficient (Wildman–Crippen LogP) is 2.58. The molecule has 1 heterocycles. The normalized spacial score (nSPS) is 15.9. The summed E-state index contributed by atoms with van der Waals surface area (Å²) in [5.41, 5.74) is 3.71. The first-order valence-electron chi connectivity index (χ1n) is 4.74. The molecule has 0 N–H and O–H groups in total. The summed E-state index contributed by atoms with van der Waals surface area (Å²) in [5, 5.41) is 0. The third kappa shape index (κ3) is 1.53. The summed E-state index contributed by atoms with van der Waals surface area (Å²) >= 11 is 0. The quantitative estimate of drug-likeness (QED) is 0.692. The lowest BCUT2D eigenvalue weighted by Crippen LogP contribution is -1.97. The predicted molar refractivity (Wildman–Crippen MR) is 52.2 cm³/mol. The van der Waals surface area contributed by atoms with Gasteiger partial charge in [-0.15, -0.1) is 0 Å². The van der Waals surface area contributed by atoms with E-state index in [9.17, 15) is 0 Å². The van der Waals surface area contributed by atoms with Gasteiger partial charge in [-0.2, -0.15) is 0 Å². The zero-order chi connectivity index (χ0) is 9.42. The first-order valence-corrected chi connectivity index (χ1v) is 4.74. The molecule has 1 fully saturated rings. The number of aromatic nitrogens is 1. The van der Waals surface area contributed by atoms with Crippen LogP contribution in [-0.4, -0.2) is 12.1 Å². The van der Waals surface area contributed by atoms with Gasteiger partial charge in [-0.3, -0.25) is 0 Å². The molecule has 0 aromatic carbocycles. The highest BCUT2D eigenvalue weighted by molar-refractivity contribution is 5.39. The van der Waals surface area contributed by atoms with Crippen LogP contribution in [0.5, 0.6) is 5.88 Å². The van der Waals surface area contributed by atoms with Gasteiger partial charge in [0.15, 0.2) is 0 Å². The zero-order valence-corrected chi connectivity index (χ0v) is 8.42. The highest BCUT2D eigenvalue weighted by Crippen LogP contribution is 2.43. The molecule has 0 bridgehead atoms. The second-order valence-electron chi connectivity index (χ2n) is 3.76. The van der Waals surface area contributed by atoms with Crippen molar-refractivity contribution < 1.29 is 4.74 Å². The van der Waals surface area contributed by atoms with Gasteiger partial charge in [0, 0.05) is 11.3 Å². The minimum atomic E-state index is 0.774. The van der Waals surface area contributed by atoms with Gasteiger partial charge in [-0.1, -0.05) is 0 Å². The zero-order valence-electron chi connectivity index (χ0n) is 8.42. The van der Waals surface area contributed by atoms with Gasteiger partial charge in [0.25, 0.3) is 0 Å². The van der Waals surface area contributed by atoms with Crippen molar-refractivity contribution in [2.45, 2.75) is 32.6 Å². The molecule has 13 heavy (non-hydrogen) atoms. The van der Waals surface area contributed by atoms with Crippen LogP contribution in [0, 0.1) is 13.8 Å². The van der Waals surface area contributed by atoms with Crippen molar-refractivity contribution in [3.05, 3.63) is 22.9 Å². The van der Waals surface area contributed by atoms with Gasteiger partial charge in [0.1, 0.15) is 0 Å². The largest absolute Gasteiger partial charge is 0.481 e. The fourth-order valence-electron chi connectivity index (χ4n) is 1.75. The van der Waals surface area contributed by atoms with E-state index in [4.69, 9.17) is 4.74 Å². The molecule has 2 nitrogen and oxygen atoms in total. The highest BCUT2D eigenvalue weighted by Gasteiger charge is 2.26. The Morgan fingerprint density at radius 3 is 2.62 bits per heavy atom. The minimum absolute atomic E-state index is 0.774. The number of rotatable bonds is 2. The summed E-state index contributed by atoms with van der Waals surface area (Å²) in [7, 11) is 1.69. The van der Waals surface area contributed by atoms with Crippen molar-refractivity contribution >= 4 is 0 Å². The summed E-state index contributed by atoms with van der Waals surface area (Å²) in [6, 6.07) is 2.19. The van der Waals surface area contributed by atoms with Gasteiger partial charge >= 0.3 is 0 Å². The van der Waals surface area contributed by atoms with E-state index in [1.165, 1.54) is 24.0 Å². The van der Waals surface area contributed by atoms with Crippen LogP contribution in [0.25, 0.3) is 0 Å². The van der Waals surface area contributed by atoms with E-state index >= 15 is 0 Å². The summed E-state index contributed by atoms with van der Waals surface area (Å²) in [4.78, 5) is 4.34. The average molecular weight is 177 g/mol. The SMILES string of the molecule is COc1nc(C)cc(C2CC2)c1C. The van der Waals surface area contributed by atoms with E-state index in [0.717, 1.165) is 17.5 Å². The van der Waals surface area contributed by atoms with Gasteiger partial charge in [0.05, 0.1) is 7.11 Å². The maximum atomic E-state index is 5.23. The molecular weight excluding hydrogens is 162 g/mol. The summed E-state index contributed by atoms with van der Waals surface area (Å²) in [6.07, 6.45) is 2.65. The van der Waals surface area contributed by atoms with Crippen molar-refractivity contribution in [2.24, 2.45) is 0 Å². The van der Waals surface area contributed by atoms with Gasteiger partial charge in [0.2, 0.25) is 5.88 Å². The van der Waals surface area contributed by atoms with Crippen LogP contribution in [0.15, 0.2) is 6.07 Å². The molecule has 1 aliphatic rings. The fourth-order valence-corrected chi connectivity index (χ4v) is 1.75.